The second-order valence-corrected chi connectivity index (χ2v) is 4.66. The summed E-state index contributed by atoms with van der Waals surface area (Å²) in [6, 6.07) is 3.55. The van der Waals surface area contributed by atoms with Crippen LogP contribution < -0.4 is 0 Å². The zero-order valence-corrected chi connectivity index (χ0v) is 10.5. The average Bonchev–Trinajstić information content (AvgIpc) is 2.77. The maximum absolute atomic E-state index is 12.2. The van der Waals surface area contributed by atoms with Crippen molar-refractivity contribution in [2.45, 2.75) is 20.3 Å². The van der Waals surface area contributed by atoms with E-state index < -0.39 is 11.9 Å². The van der Waals surface area contributed by atoms with E-state index in [1.165, 1.54) is 0 Å². The van der Waals surface area contributed by atoms with Crippen LogP contribution in [-0.2, 0) is 4.79 Å². The van der Waals surface area contributed by atoms with E-state index in [1.807, 2.05) is 6.92 Å². The molecule has 2 heterocycles. The number of rotatable bonds is 2. The number of carboxylic acid groups (broad SMARTS) is 1. The van der Waals surface area contributed by atoms with Gasteiger partial charge in [-0.2, -0.15) is 0 Å². The van der Waals surface area contributed by atoms with Crippen molar-refractivity contribution in [3.63, 3.8) is 0 Å². The summed E-state index contributed by atoms with van der Waals surface area (Å²) in [7, 11) is 0. The Hall–Kier alpha value is -1.91. The van der Waals surface area contributed by atoms with E-state index >= 15 is 0 Å². The van der Waals surface area contributed by atoms with Crippen LogP contribution in [0.1, 0.15) is 28.2 Å². The molecule has 1 N–H and O–H groups in total. The molecule has 1 aliphatic heterocycles. The predicted octanol–water partition coefficient (Wildman–Crippen LogP) is 1.25. The van der Waals surface area contributed by atoms with Crippen LogP contribution in [0.4, 0.5) is 0 Å². The molecular weight excluding hydrogens is 232 g/mol. The molecule has 18 heavy (non-hydrogen) atoms. The molecule has 1 atom stereocenters. The Bertz CT molecular complexity index is 499. The van der Waals surface area contributed by atoms with Crippen LogP contribution in [0.3, 0.4) is 0 Å². The largest absolute Gasteiger partial charge is 0.481 e. The fourth-order valence-corrected chi connectivity index (χ4v) is 2.23. The smallest absolute Gasteiger partial charge is 0.308 e. The highest BCUT2D eigenvalue weighted by molar-refractivity contribution is 5.95. The van der Waals surface area contributed by atoms with Crippen LogP contribution in [0.5, 0.6) is 0 Å². The highest BCUT2D eigenvalue weighted by Gasteiger charge is 2.31. The Morgan fingerprint density at radius 2 is 2.11 bits per heavy atom. The number of nitrogens with zero attached hydrogens (tertiary/aromatic N) is 2. The number of amides is 1. The van der Waals surface area contributed by atoms with Crippen LogP contribution >= 0.6 is 0 Å². The number of likely N-dealkylation sites (tertiary alicyclic amines) is 1. The lowest BCUT2D eigenvalue weighted by Crippen LogP contribution is -2.30. The molecule has 1 saturated heterocycles. The Kier molecular flexibility index (Phi) is 3.32. The summed E-state index contributed by atoms with van der Waals surface area (Å²) in [5.74, 6) is -1.39. The number of aryl methyl sites for hydroxylation is 2. The molecule has 1 aliphatic rings. The Labute approximate surface area is 105 Å². The van der Waals surface area contributed by atoms with Crippen LogP contribution in [0.25, 0.3) is 0 Å². The average molecular weight is 248 g/mol. The van der Waals surface area contributed by atoms with Gasteiger partial charge in [-0.1, -0.05) is 0 Å². The Balaban J connectivity index is 2.15. The molecule has 1 fully saturated rings. The number of carbonyl (C=O) groups is 2. The molecule has 1 amide bonds. The van der Waals surface area contributed by atoms with Crippen molar-refractivity contribution < 1.29 is 14.7 Å². The Morgan fingerprint density at radius 3 is 2.67 bits per heavy atom. The fourth-order valence-electron chi connectivity index (χ4n) is 2.23. The SMILES string of the molecule is Cc1ccc(C(=O)N2CCC(C(=O)O)C2)c(C)n1. The van der Waals surface area contributed by atoms with E-state index in [4.69, 9.17) is 5.11 Å². The molecule has 96 valence electrons. The molecular formula is C13H16N2O3. The van der Waals surface area contributed by atoms with Crippen LogP contribution in [0, 0.1) is 19.8 Å². The van der Waals surface area contributed by atoms with Gasteiger partial charge in [0, 0.05) is 18.8 Å². The molecule has 1 aromatic heterocycles. The summed E-state index contributed by atoms with van der Waals surface area (Å²) in [5, 5.41) is 8.92. The lowest BCUT2D eigenvalue weighted by atomic mass is 10.1. The van der Waals surface area contributed by atoms with Gasteiger partial charge in [-0.05, 0) is 32.4 Å². The molecule has 0 bridgehead atoms. The zero-order valence-electron chi connectivity index (χ0n) is 10.5. The van der Waals surface area contributed by atoms with Gasteiger partial charge >= 0.3 is 5.97 Å². The minimum absolute atomic E-state index is 0.122. The number of pyridine rings is 1. The second kappa shape index (κ2) is 4.76. The molecule has 5 heteroatoms. The first-order chi connectivity index (χ1) is 8.49. The fraction of sp³-hybridized carbons (Fsp3) is 0.462. The Morgan fingerprint density at radius 1 is 1.39 bits per heavy atom. The van der Waals surface area contributed by atoms with Crippen LogP contribution in [0.15, 0.2) is 12.1 Å². The second-order valence-electron chi connectivity index (χ2n) is 4.66. The summed E-state index contributed by atoms with van der Waals surface area (Å²) in [5.41, 5.74) is 2.12. The van der Waals surface area contributed by atoms with E-state index in [1.54, 1.807) is 24.0 Å². The van der Waals surface area contributed by atoms with Crippen molar-refractivity contribution in [1.82, 2.24) is 9.88 Å². The highest BCUT2D eigenvalue weighted by Crippen LogP contribution is 2.20. The number of hydrogen-bond acceptors (Lipinski definition) is 3. The summed E-state index contributed by atoms with van der Waals surface area (Å²) < 4.78 is 0. The van der Waals surface area contributed by atoms with Gasteiger partial charge in [0.1, 0.15) is 0 Å². The first kappa shape index (κ1) is 12.5. The lowest BCUT2D eigenvalue weighted by molar-refractivity contribution is -0.141. The van der Waals surface area contributed by atoms with E-state index in [9.17, 15) is 9.59 Å². The molecule has 0 aromatic carbocycles. The summed E-state index contributed by atoms with van der Waals surface area (Å²) >= 11 is 0. The molecule has 0 radical (unpaired) electrons. The molecule has 1 aromatic rings. The van der Waals surface area contributed by atoms with E-state index in [0.717, 1.165) is 5.69 Å². The minimum Gasteiger partial charge on any atom is -0.481 e. The standard InChI is InChI=1S/C13H16N2O3/c1-8-3-4-11(9(2)14-8)12(16)15-6-5-10(7-15)13(17)18/h3-4,10H,5-7H2,1-2H3,(H,17,18). The van der Waals surface area contributed by atoms with Crippen LogP contribution in [0.2, 0.25) is 0 Å². The lowest BCUT2D eigenvalue weighted by Gasteiger charge is -2.16. The number of aromatic nitrogens is 1. The first-order valence-corrected chi connectivity index (χ1v) is 5.95. The van der Waals surface area contributed by atoms with Gasteiger partial charge in [0.2, 0.25) is 0 Å². The van der Waals surface area contributed by atoms with Gasteiger partial charge in [-0.3, -0.25) is 14.6 Å². The number of hydrogen-bond donors (Lipinski definition) is 1. The monoisotopic (exact) mass is 248 g/mol. The molecule has 0 saturated carbocycles. The normalized spacial score (nSPS) is 19.0. The summed E-state index contributed by atoms with van der Waals surface area (Å²) in [6.45, 7) is 4.47. The summed E-state index contributed by atoms with van der Waals surface area (Å²) in [6.07, 6.45) is 0.527. The van der Waals surface area contributed by atoms with Crippen molar-refractivity contribution >= 4 is 11.9 Å². The van der Waals surface area contributed by atoms with Gasteiger partial charge in [-0.25, -0.2) is 0 Å². The zero-order chi connectivity index (χ0) is 13.3. The van der Waals surface area contributed by atoms with Crippen molar-refractivity contribution in [2.24, 2.45) is 5.92 Å². The van der Waals surface area contributed by atoms with Crippen molar-refractivity contribution in [1.29, 1.82) is 0 Å². The third-order valence-electron chi connectivity index (χ3n) is 3.28. The van der Waals surface area contributed by atoms with Gasteiger partial charge in [-0.15, -0.1) is 0 Å². The molecule has 5 nitrogen and oxygen atoms in total. The summed E-state index contributed by atoms with van der Waals surface area (Å²) in [4.78, 5) is 29.0. The van der Waals surface area contributed by atoms with Gasteiger partial charge in [0.15, 0.2) is 0 Å². The molecule has 0 aliphatic carbocycles. The third kappa shape index (κ3) is 2.34. The van der Waals surface area contributed by atoms with Crippen LogP contribution in [-0.4, -0.2) is 40.0 Å². The van der Waals surface area contributed by atoms with Gasteiger partial charge in [0.05, 0.1) is 17.2 Å². The minimum atomic E-state index is -0.830. The van der Waals surface area contributed by atoms with Crippen molar-refractivity contribution in [3.8, 4) is 0 Å². The maximum Gasteiger partial charge on any atom is 0.308 e. The van der Waals surface area contributed by atoms with Crippen molar-refractivity contribution in [2.75, 3.05) is 13.1 Å². The molecule has 1 unspecified atom stereocenters. The van der Waals surface area contributed by atoms with Gasteiger partial charge in [0.25, 0.3) is 5.91 Å². The molecule has 0 spiro atoms. The topological polar surface area (TPSA) is 70.5 Å². The van der Waals surface area contributed by atoms with E-state index in [0.29, 0.717) is 30.8 Å². The van der Waals surface area contributed by atoms with Gasteiger partial charge < -0.3 is 10.0 Å². The molecule has 2 rings (SSSR count). The highest BCUT2D eigenvalue weighted by atomic mass is 16.4. The quantitative estimate of drug-likeness (QED) is 0.855. The van der Waals surface area contributed by atoms with E-state index in [2.05, 4.69) is 4.98 Å². The number of carbonyl (C=O) groups excluding carboxylic acids is 1. The van der Waals surface area contributed by atoms with E-state index in [-0.39, 0.29) is 5.91 Å². The first-order valence-electron chi connectivity index (χ1n) is 5.95. The number of aliphatic carboxylic acids is 1. The predicted molar refractivity (Wildman–Crippen MR) is 65.4 cm³/mol. The third-order valence-corrected chi connectivity index (χ3v) is 3.28. The van der Waals surface area contributed by atoms with Crippen molar-refractivity contribution in [3.05, 3.63) is 29.1 Å². The maximum atomic E-state index is 12.2. The number of carboxylic acids is 1.